The first-order valence-corrected chi connectivity index (χ1v) is 11.1. The van der Waals surface area contributed by atoms with Crippen molar-refractivity contribution in [2.75, 3.05) is 0 Å². The zero-order valence-electron chi connectivity index (χ0n) is 20.8. The van der Waals surface area contributed by atoms with Crippen LogP contribution < -0.4 is 0 Å². The van der Waals surface area contributed by atoms with Gasteiger partial charge in [-0.2, -0.15) is 0 Å². The molecule has 1 aromatic heterocycles. The first-order valence-electron chi connectivity index (χ1n) is 11.1. The van der Waals surface area contributed by atoms with Crippen molar-refractivity contribution in [1.82, 2.24) is 4.98 Å². The van der Waals surface area contributed by atoms with E-state index in [4.69, 9.17) is 10.1 Å². The number of aliphatic hydroxyl groups is 1. The number of rotatable bonds is 2. The van der Waals surface area contributed by atoms with Crippen LogP contribution in [0.1, 0.15) is 66.5 Å². The summed E-state index contributed by atoms with van der Waals surface area (Å²) in [6.45, 7) is 17.2. The average Bonchev–Trinajstić information content (AvgIpc) is 2.81. The van der Waals surface area contributed by atoms with Crippen LogP contribution in [0.15, 0.2) is 60.5 Å². The van der Waals surface area contributed by atoms with Gasteiger partial charge in [0.15, 0.2) is 5.78 Å². The van der Waals surface area contributed by atoms with Gasteiger partial charge in [-0.05, 0) is 63.8 Å². The minimum Gasteiger partial charge on any atom is -0.512 e. The minimum atomic E-state index is -0.125. The van der Waals surface area contributed by atoms with Crippen LogP contribution in [0.4, 0.5) is 0 Å². The summed E-state index contributed by atoms with van der Waals surface area (Å²) in [4.78, 5) is 14.7. The monoisotopic (exact) mass is 621 g/mol. The third-order valence-electron chi connectivity index (χ3n) is 7.75. The number of ketones is 1. The average molecular weight is 621 g/mol. The van der Waals surface area contributed by atoms with E-state index in [0.717, 1.165) is 11.3 Å². The number of aromatic nitrogens is 1. The molecule has 0 atom stereocenters. The molecule has 0 spiro atoms. The van der Waals surface area contributed by atoms with Crippen molar-refractivity contribution in [3.63, 3.8) is 0 Å². The third-order valence-corrected chi connectivity index (χ3v) is 7.75. The number of benzene rings is 2. The molecule has 4 heteroatoms. The van der Waals surface area contributed by atoms with Gasteiger partial charge in [-0.3, -0.25) is 4.79 Å². The fourth-order valence-corrected chi connectivity index (χ4v) is 4.76. The van der Waals surface area contributed by atoms with Crippen LogP contribution in [-0.4, -0.2) is 15.9 Å². The van der Waals surface area contributed by atoms with E-state index < -0.39 is 0 Å². The van der Waals surface area contributed by atoms with Gasteiger partial charge in [-0.25, -0.2) is 0 Å². The summed E-state index contributed by atoms with van der Waals surface area (Å²) in [5.41, 5.74) is 5.42. The summed E-state index contributed by atoms with van der Waals surface area (Å²) in [5, 5.41) is 10.9. The molecule has 33 heavy (non-hydrogen) atoms. The molecule has 0 saturated heterocycles. The number of carbonyl (C=O) groups excluding carboxylic acids is 1. The fourth-order valence-electron chi connectivity index (χ4n) is 4.76. The summed E-state index contributed by atoms with van der Waals surface area (Å²) in [7, 11) is 0. The number of nitrogens with zero attached hydrogens (tertiary/aromatic N) is 1. The van der Waals surface area contributed by atoms with Crippen molar-refractivity contribution in [2.45, 2.75) is 66.2 Å². The van der Waals surface area contributed by atoms with Crippen molar-refractivity contribution < 1.29 is 30.0 Å². The second-order valence-corrected chi connectivity index (χ2v) is 10.3. The molecule has 1 heterocycles. The van der Waals surface area contributed by atoms with Gasteiger partial charge in [0, 0.05) is 32.4 Å². The van der Waals surface area contributed by atoms with Crippen LogP contribution in [0.5, 0.6) is 0 Å². The molecule has 1 aliphatic rings. The zero-order valence-corrected chi connectivity index (χ0v) is 23.2. The van der Waals surface area contributed by atoms with Gasteiger partial charge < -0.3 is 10.1 Å². The molecular weight excluding hydrogens is 587 g/mol. The van der Waals surface area contributed by atoms with Gasteiger partial charge in [0.1, 0.15) is 0 Å². The molecule has 2 aromatic carbocycles. The van der Waals surface area contributed by atoms with Crippen molar-refractivity contribution in [3.05, 3.63) is 77.7 Å². The van der Waals surface area contributed by atoms with Crippen molar-refractivity contribution >= 4 is 16.6 Å². The van der Waals surface area contributed by atoms with Crippen LogP contribution in [0.25, 0.3) is 22.0 Å². The summed E-state index contributed by atoms with van der Waals surface area (Å²) in [6, 6.07) is 18.4. The Bertz CT molecular complexity index is 1190. The number of fused-ring (bicyclic) bond motifs is 2. The second kappa shape index (κ2) is 9.52. The molecule has 0 saturated carbocycles. The second-order valence-electron chi connectivity index (χ2n) is 10.3. The molecule has 4 rings (SSSR count). The molecule has 1 radical (unpaired) electrons. The number of hydrogen-bond acceptors (Lipinski definition) is 3. The molecule has 177 valence electrons. The van der Waals surface area contributed by atoms with Crippen LogP contribution in [0.2, 0.25) is 0 Å². The first-order chi connectivity index (χ1) is 14.8. The maximum absolute atomic E-state index is 10.0. The van der Waals surface area contributed by atoms with Gasteiger partial charge in [0.05, 0.1) is 5.76 Å². The Morgan fingerprint density at radius 3 is 2.06 bits per heavy atom. The quantitative estimate of drug-likeness (QED) is 0.185. The summed E-state index contributed by atoms with van der Waals surface area (Å²) in [5.74, 6) is -0.0625. The van der Waals surface area contributed by atoms with Crippen molar-refractivity contribution in [1.29, 1.82) is 0 Å². The topological polar surface area (TPSA) is 50.2 Å². The predicted octanol–water partition coefficient (Wildman–Crippen LogP) is 7.33. The van der Waals surface area contributed by atoms with E-state index in [1.165, 1.54) is 41.8 Å². The Morgan fingerprint density at radius 2 is 1.58 bits per heavy atom. The van der Waals surface area contributed by atoms with Crippen molar-refractivity contribution in [3.8, 4) is 11.3 Å². The molecule has 3 nitrogen and oxygen atoms in total. The number of allylic oxidation sites excluding steroid dienone is 2. The van der Waals surface area contributed by atoms with Gasteiger partial charge in [-0.1, -0.05) is 53.7 Å². The van der Waals surface area contributed by atoms with Crippen LogP contribution in [0.3, 0.4) is 0 Å². The van der Waals surface area contributed by atoms with Gasteiger partial charge in [0.25, 0.3) is 0 Å². The normalized spacial score (nSPS) is 17.4. The van der Waals surface area contributed by atoms with E-state index in [-0.39, 0.29) is 47.9 Å². The Balaban J connectivity index is 0.000000423. The van der Waals surface area contributed by atoms with Gasteiger partial charge in [-0.15, -0.1) is 35.9 Å². The smallest absolute Gasteiger partial charge is 0.155 e. The molecule has 1 N–H and O–H groups in total. The molecule has 0 aliphatic heterocycles. The van der Waals surface area contributed by atoms with Crippen LogP contribution in [0, 0.1) is 11.5 Å². The van der Waals surface area contributed by atoms with Crippen LogP contribution in [-0.2, 0) is 35.7 Å². The largest absolute Gasteiger partial charge is 0.512 e. The number of pyridine rings is 1. The Hall–Kier alpha value is -2.29. The first kappa shape index (κ1) is 27.0. The third kappa shape index (κ3) is 4.69. The Labute approximate surface area is 211 Å². The van der Waals surface area contributed by atoms with Gasteiger partial charge >= 0.3 is 0 Å². The maximum Gasteiger partial charge on any atom is 0.155 e. The summed E-state index contributed by atoms with van der Waals surface area (Å²) < 4.78 is 0. The molecule has 0 fully saturated rings. The Morgan fingerprint density at radius 1 is 0.970 bits per heavy atom. The molecule has 3 aromatic rings. The molecule has 1 aliphatic carbocycles. The van der Waals surface area contributed by atoms with E-state index in [0.29, 0.717) is 0 Å². The molecular formula is C29H34IrNO2-. The van der Waals surface area contributed by atoms with Gasteiger partial charge in [0.2, 0.25) is 0 Å². The molecule has 0 bridgehead atoms. The standard InChI is InChI=1S/C24H26N.C5H8O2.Ir/c1-22(2)19-14-17-12-13-25-21(16-10-8-7-9-11-16)18(17)15-20(19)23(3,4)24(22,5)6;1-4(6)3-5(2)7;/h7-10,12-15H,1-6H3;3,6H,1-2H3;/q-1;;. The van der Waals surface area contributed by atoms with E-state index in [1.54, 1.807) is 0 Å². The number of hydrogen-bond donors (Lipinski definition) is 1. The van der Waals surface area contributed by atoms with E-state index in [9.17, 15) is 4.79 Å². The summed E-state index contributed by atoms with van der Waals surface area (Å²) >= 11 is 0. The number of carbonyl (C=O) groups is 1. The maximum atomic E-state index is 10.0. The van der Waals surface area contributed by atoms with E-state index >= 15 is 0 Å². The SMILES string of the molecule is CC(=O)C=C(C)O.CC1(C)c2cc3ccnc(-c4[c-]cccc4)c3cc2C(C)(C)C1(C)C.[Ir]. The van der Waals surface area contributed by atoms with Crippen LogP contribution >= 0.6 is 0 Å². The summed E-state index contributed by atoms with van der Waals surface area (Å²) in [6.07, 6.45) is 3.09. The predicted molar refractivity (Wildman–Crippen MR) is 133 cm³/mol. The molecule has 0 amide bonds. The Kier molecular flexibility index (Phi) is 7.78. The molecule has 0 unspecified atom stereocenters. The van der Waals surface area contributed by atoms with Crippen molar-refractivity contribution in [2.24, 2.45) is 5.41 Å². The minimum absolute atomic E-state index is 0. The zero-order chi connectivity index (χ0) is 23.9. The fraction of sp³-hybridized carbons (Fsp3) is 0.379. The van der Waals surface area contributed by atoms with E-state index in [2.05, 4.69) is 77.9 Å². The van der Waals surface area contributed by atoms with E-state index in [1.807, 2.05) is 18.3 Å². The number of aliphatic hydroxyl groups excluding tert-OH is 1.